The maximum atomic E-state index is 11.8. The zero-order valence-corrected chi connectivity index (χ0v) is 11.4. The van der Waals surface area contributed by atoms with Crippen molar-refractivity contribution in [2.24, 2.45) is 0 Å². The number of nitrogens with one attached hydrogen (secondary N) is 1. The molecule has 5 heteroatoms. The van der Waals surface area contributed by atoms with Crippen LogP contribution in [0.2, 0.25) is 0 Å². The van der Waals surface area contributed by atoms with Gasteiger partial charge in [0.05, 0.1) is 5.56 Å². The second kappa shape index (κ2) is 5.25. The van der Waals surface area contributed by atoms with Crippen LogP contribution in [0.15, 0.2) is 16.7 Å². The van der Waals surface area contributed by atoms with Gasteiger partial charge in [0.15, 0.2) is 0 Å². The normalized spacial score (nSPS) is 12.9. The number of hydrogen-bond donors (Lipinski definition) is 1. The Hall–Kier alpha value is -1.78. The molecule has 1 rings (SSSR count). The Morgan fingerprint density at radius 1 is 1.39 bits per heavy atom. The number of rotatable bonds is 3. The molecule has 1 aromatic rings. The highest BCUT2D eigenvalue weighted by atomic mass is 16.6. The quantitative estimate of drug-likeness (QED) is 0.837. The lowest BCUT2D eigenvalue weighted by atomic mass is 10.2. The van der Waals surface area contributed by atoms with Crippen LogP contribution in [0, 0.1) is 6.92 Å². The fourth-order valence-corrected chi connectivity index (χ4v) is 1.29. The molecular formula is C13H19NO4. The molecule has 0 spiro atoms. The van der Waals surface area contributed by atoms with Gasteiger partial charge < -0.3 is 14.5 Å². The first kappa shape index (κ1) is 14.3. The Kier molecular flexibility index (Phi) is 4.16. The summed E-state index contributed by atoms with van der Waals surface area (Å²) >= 11 is 0. The Morgan fingerprint density at radius 3 is 2.44 bits per heavy atom. The molecule has 1 heterocycles. The van der Waals surface area contributed by atoms with Crippen molar-refractivity contribution in [1.82, 2.24) is 5.32 Å². The third-order valence-electron chi connectivity index (χ3n) is 2.10. The Labute approximate surface area is 106 Å². The Morgan fingerprint density at radius 2 is 2.00 bits per heavy atom. The van der Waals surface area contributed by atoms with Gasteiger partial charge in [0.1, 0.15) is 23.7 Å². The predicted octanol–water partition coefficient (Wildman–Crippen LogP) is 2.05. The summed E-state index contributed by atoms with van der Waals surface area (Å²) < 4.78 is 10.2. The van der Waals surface area contributed by atoms with Crippen LogP contribution in [0.5, 0.6) is 0 Å². The Bertz CT molecular complexity index is 442. The number of carbonyl (C=O) groups is 2. The lowest BCUT2D eigenvalue weighted by Gasteiger charge is -2.22. The summed E-state index contributed by atoms with van der Waals surface area (Å²) in [5, 5.41) is 2.56. The fourth-order valence-electron chi connectivity index (χ4n) is 1.29. The maximum absolute atomic E-state index is 11.8. The zero-order valence-electron chi connectivity index (χ0n) is 11.4. The number of amides is 1. The standard InChI is InChI=1S/C13H19NO4/c1-8-6-10(7-17-8)11(15)14-9(2)12(16)18-13(3,4)5/h6-7,9H,1-5H3,(H,14,15)/t9-/m1/s1. The minimum atomic E-state index is -0.702. The van der Waals surface area contributed by atoms with Crippen LogP contribution >= 0.6 is 0 Å². The van der Waals surface area contributed by atoms with E-state index in [0.29, 0.717) is 11.3 Å². The van der Waals surface area contributed by atoms with E-state index in [1.807, 2.05) is 0 Å². The van der Waals surface area contributed by atoms with Crippen molar-refractivity contribution in [2.45, 2.75) is 46.3 Å². The summed E-state index contributed by atoms with van der Waals surface area (Å²) in [7, 11) is 0. The summed E-state index contributed by atoms with van der Waals surface area (Å²) in [6.45, 7) is 8.66. The molecule has 0 bridgehead atoms. The number of ether oxygens (including phenoxy) is 1. The first-order valence-electron chi connectivity index (χ1n) is 5.78. The van der Waals surface area contributed by atoms with Crippen molar-refractivity contribution in [3.8, 4) is 0 Å². The summed E-state index contributed by atoms with van der Waals surface area (Å²) in [5.74, 6) is -0.175. The third-order valence-corrected chi connectivity index (χ3v) is 2.10. The SMILES string of the molecule is Cc1cc(C(=O)N[C@H](C)C(=O)OC(C)(C)C)co1. The molecule has 5 nitrogen and oxygen atoms in total. The number of esters is 1. The van der Waals surface area contributed by atoms with Crippen molar-refractivity contribution in [3.05, 3.63) is 23.7 Å². The van der Waals surface area contributed by atoms with Crippen LogP contribution in [-0.2, 0) is 9.53 Å². The van der Waals surface area contributed by atoms with Gasteiger partial charge in [0.2, 0.25) is 0 Å². The molecule has 0 saturated heterocycles. The van der Waals surface area contributed by atoms with E-state index in [-0.39, 0.29) is 5.91 Å². The van der Waals surface area contributed by atoms with Crippen molar-refractivity contribution in [2.75, 3.05) is 0 Å². The van der Waals surface area contributed by atoms with Gasteiger partial charge in [-0.3, -0.25) is 4.79 Å². The molecule has 1 amide bonds. The minimum absolute atomic E-state index is 0.356. The molecule has 0 aromatic carbocycles. The highest BCUT2D eigenvalue weighted by Gasteiger charge is 2.23. The van der Waals surface area contributed by atoms with Crippen LogP contribution in [-0.4, -0.2) is 23.5 Å². The topological polar surface area (TPSA) is 68.5 Å². The molecule has 0 aliphatic carbocycles. The van der Waals surface area contributed by atoms with E-state index in [1.54, 1.807) is 40.7 Å². The first-order valence-corrected chi connectivity index (χ1v) is 5.78. The van der Waals surface area contributed by atoms with Gasteiger partial charge in [-0.15, -0.1) is 0 Å². The monoisotopic (exact) mass is 253 g/mol. The van der Waals surface area contributed by atoms with Crippen LogP contribution in [0.1, 0.15) is 43.8 Å². The second-order valence-electron chi connectivity index (χ2n) is 5.17. The molecule has 1 atom stereocenters. The van der Waals surface area contributed by atoms with Gasteiger partial charge in [-0.05, 0) is 40.7 Å². The van der Waals surface area contributed by atoms with E-state index >= 15 is 0 Å². The van der Waals surface area contributed by atoms with Crippen molar-refractivity contribution in [3.63, 3.8) is 0 Å². The number of furan rings is 1. The molecular weight excluding hydrogens is 234 g/mol. The van der Waals surface area contributed by atoms with E-state index in [9.17, 15) is 9.59 Å². The molecule has 1 aromatic heterocycles. The van der Waals surface area contributed by atoms with Gasteiger partial charge >= 0.3 is 5.97 Å². The van der Waals surface area contributed by atoms with E-state index in [4.69, 9.17) is 9.15 Å². The summed E-state index contributed by atoms with van der Waals surface area (Å²) in [6.07, 6.45) is 1.35. The van der Waals surface area contributed by atoms with Crippen molar-refractivity contribution >= 4 is 11.9 Å². The van der Waals surface area contributed by atoms with Crippen molar-refractivity contribution < 1.29 is 18.7 Å². The summed E-state index contributed by atoms with van der Waals surface area (Å²) in [6, 6.07) is 0.906. The number of hydrogen-bond acceptors (Lipinski definition) is 4. The molecule has 18 heavy (non-hydrogen) atoms. The summed E-state index contributed by atoms with van der Waals surface area (Å²) in [4.78, 5) is 23.4. The van der Waals surface area contributed by atoms with Crippen LogP contribution in [0.25, 0.3) is 0 Å². The highest BCUT2D eigenvalue weighted by Crippen LogP contribution is 2.09. The molecule has 0 unspecified atom stereocenters. The van der Waals surface area contributed by atoms with Crippen molar-refractivity contribution in [1.29, 1.82) is 0 Å². The van der Waals surface area contributed by atoms with Gasteiger partial charge in [0, 0.05) is 0 Å². The largest absolute Gasteiger partial charge is 0.469 e. The molecule has 1 N–H and O–H groups in total. The zero-order chi connectivity index (χ0) is 13.9. The number of carbonyl (C=O) groups excluding carboxylic acids is 2. The van der Waals surface area contributed by atoms with Gasteiger partial charge in [-0.25, -0.2) is 4.79 Å². The maximum Gasteiger partial charge on any atom is 0.328 e. The molecule has 0 fully saturated rings. The molecule has 0 aliphatic heterocycles. The summed E-state index contributed by atoms with van der Waals surface area (Å²) in [5.41, 5.74) is -0.176. The molecule has 0 aliphatic rings. The third kappa shape index (κ3) is 4.24. The minimum Gasteiger partial charge on any atom is -0.469 e. The fraction of sp³-hybridized carbons (Fsp3) is 0.538. The number of aryl methyl sites for hydroxylation is 1. The lowest BCUT2D eigenvalue weighted by Crippen LogP contribution is -2.42. The average Bonchev–Trinajstić information content (AvgIpc) is 2.62. The smallest absolute Gasteiger partial charge is 0.328 e. The molecule has 100 valence electrons. The van der Waals surface area contributed by atoms with E-state index in [1.165, 1.54) is 6.26 Å². The lowest BCUT2D eigenvalue weighted by molar-refractivity contribution is -0.156. The van der Waals surface area contributed by atoms with Gasteiger partial charge in [-0.1, -0.05) is 0 Å². The average molecular weight is 253 g/mol. The van der Waals surface area contributed by atoms with Crippen LogP contribution < -0.4 is 5.32 Å². The van der Waals surface area contributed by atoms with Crippen LogP contribution in [0.3, 0.4) is 0 Å². The van der Waals surface area contributed by atoms with Gasteiger partial charge in [-0.2, -0.15) is 0 Å². The van der Waals surface area contributed by atoms with Gasteiger partial charge in [0.25, 0.3) is 5.91 Å². The van der Waals surface area contributed by atoms with E-state index in [0.717, 1.165) is 0 Å². The Balaban J connectivity index is 2.57. The molecule has 0 saturated carbocycles. The second-order valence-corrected chi connectivity index (χ2v) is 5.17. The molecule has 0 radical (unpaired) electrons. The highest BCUT2D eigenvalue weighted by molar-refractivity contribution is 5.96. The predicted molar refractivity (Wildman–Crippen MR) is 66.2 cm³/mol. The first-order chi connectivity index (χ1) is 8.19. The van der Waals surface area contributed by atoms with E-state index < -0.39 is 17.6 Å². The van der Waals surface area contributed by atoms with Crippen LogP contribution in [0.4, 0.5) is 0 Å². The van der Waals surface area contributed by atoms with E-state index in [2.05, 4.69) is 5.32 Å².